The van der Waals surface area contributed by atoms with Crippen LogP contribution in [-0.4, -0.2) is 63.5 Å². The molecule has 0 aromatic carbocycles. The molecule has 1 aliphatic heterocycles. The van der Waals surface area contributed by atoms with Gasteiger partial charge in [0.15, 0.2) is 0 Å². The van der Waals surface area contributed by atoms with Crippen LogP contribution in [0.1, 0.15) is 46.5 Å². The number of carbonyl (C=O) groups excluding carboxylic acids is 3. The molecule has 0 radical (unpaired) electrons. The van der Waals surface area contributed by atoms with Gasteiger partial charge in [-0.1, -0.05) is 6.92 Å². The van der Waals surface area contributed by atoms with Gasteiger partial charge in [0.25, 0.3) is 10.1 Å². The van der Waals surface area contributed by atoms with Crippen molar-refractivity contribution in [1.29, 1.82) is 0 Å². The second-order valence-electron chi connectivity index (χ2n) is 8.76. The van der Waals surface area contributed by atoms with Crippen LogP contribution in [-0.2, 0) is 33.4 Å². The van der Waals surface area contributed by atoms with E-state index in [0.29, 0.717) is 19.3 Å². The number of hydrogen-bond acceptors (Lipinski definition) is 8. The molecule has 2 saturated carbocycles. The van der Waals surface area contributed by atoms with E-state index in [1.54, 1.807) is 13.8 Å². The minimum Gasteiger partial charge on any atom is -0.463 e. The van der Waals surface area contributed by atoms with Crippen molar-refractivity contribution in [1.82, 2.24) is 10.6 Å². The summed E-state index contributed by atoms with van der Waals surface area (Å²) >= 11 is 0. The van der Waals surface area contributed by atoms with E-state index in [0.717, 1.165) is 0 Å². The van der Waals surface area contributed by atoms with Gasteiger partial charge in [-0.15, -0.1) is 0 Å². The maximum absolute atomic E-state index is 12.0. The third-order valence-corrected chi connectivity index (χ3v) is 8.15. The Kier molecular flexibility index (Phi) is 6.61. The molecule has 2 amide bonds. The summed E-state index contributed by atoms with van der Waals surface area (Å²) in [5, 5.41) is 4.65. The molecule has 170 valence electrons. The Morgan fingerprint density at radius 3 is 2.57 bits per heavy atom. The number of amides is 2. The Labute approximate surface area is 176 Å². The van der Waals surface area contributed by atoms with Gasteiger partial charge >= 0.3 is 12.1 Å². The topological polar surface area (TPSA) is 137 Å². The van der Waals surface area contributed by atoms with Crippen molar-refractivity contribution in [2.75, 3.05) is 19.7 Å². The number of alkyl carbamates (subject to hydrolysis) is 1. The predicted molar refractivity (Wildman–Crippen MR) is 105 cm³/mol. The molecule has 3 fully saturated rings. The first-order chi connectivity index (χ1) is 14.0. The molecule has 30 heavy (non-hydrogen) atoms. The molecule has 11 heteroatoms. The summed E-state index contributed by atoms with van der Waals surface area (Å²) in [6.07, 6.45) is -0.00549. The van der Waals surface area contributed by atoms with Gasteiger partial charge in [0.1, 0.15) is 18.8 Å². The lowest BCUT2D eigenvalue weighted by Gasteiger charge is -2.24. The Morgan fingerprint density at radius 1 is 1.13 bits per heavy atom. The number of ether oxygens (including phenoxy) is 2. The van der Waals surface area contributed by atoms with Gasteiger partial charge in [-0.25, -0.2) is 4.79 Å². The minimum atomic E-state index is -3.55. The largest absolute Gasteiger partial charge is 0.463 e. The van der Waals surface area contributed by atoms with Crippen molar-refractivity contribution in [3.63, 3.8) is 0 Å². The Balaban J connectivity index is 1.29. The lowest BCUT2D eigenvalue weighted by atomic mass is 9.91. The SMILES string of the molecule is CCC(C)(C)C(=O)OCCNC(=O)CCNC(=O)OC1C2CC3C1OS(=O)(=O)C3C2. The molecule has 0 spiro atoms. The van der Waals surface area contributed by atoms with Crippen molar-refractivity contribution < 1.29 is 36.5 Å². The maximum atomic E-state index is 12.0. The zero-order valence-corrected chi connectivity index (χ0v) is 18.3. The molecule has 5 unspecified atom stereocenters. The van der Waals surface area contributed by atoms with Crippen molar-refractivity contribution >= 4 is 28.1 Å². The fourth-order valence-electron chi connectivity index (χ4n) is 4.25. The fraction of sp³-hybridized carbons (Fsp3) is 0.842. The summed E-state index contributed by atoms with van der Waals surface area (Å²) in [7, 11) is -3.55. The monoisotopic (exact) mass is 446 g/mol. The van der Waals surface area contributed by atoms with Gasteiger partial charge < -0.3 is 20.1 Å². The number of hydrogen-bond donors (Lipinski definition) is 2. The maximum Gasteiger partial charge on any atom is 0.407 e. The summed E-state index contributed by atoms with van der Waals surface area (Å²) in [6, 6.07) is 0. The van der Waals surface area contributed by atoms with Crippen LogP contribution < -0.4 is 10.6 Å². The van der Waals surface area contributed by atoms with E-state index in [-0.39, 0.29) is 49.8 Å². The van der Waals surface area contributed by atoms with Crippen LogP contribution in [0.25, 0.3) is 0 Å². The molecule has 10 nitrogen and oxygen atoms in total. The fourth-order valence-corrected chi connectivity index (χ4v) is 6.13. The zero-order chi connectivity index (χ0) is 22.1. The lowest BCUT2D eigenvalue weighted by Crippen LogP contribution is -2.40. The Bertz CT molecular complexity index is 796. The van der Waals surface area contributed by atoms with Gasteiger partial charge in [-0.2, -0.15) is 8.42 Å². The number of carbonyl (C=O) groups is 3. The first kappa shape index (κ1) is 22.8. The molecule has 2 aliphatic carbocycles. The summed E-state index contributed by atoms with van der Waals surface area (Å²) in [4.78, 5) is 35.7. The zero-order valence-electron chi connectivity index (χ0n) is 17.5. The molecular formula is C19H30N2O8S. The summed E-state index contributed by atoms with van der Waals surface area (Å²) in [5.41, 5.74) is -0.554. The highest BCUT2D eigenvalue weighted by molar-refractivity contribution is 7.87. The molecule has 0 aromatic heterocycles. The average molecular weight is 447 g/mol. The predicted octanol–water partition coefficient (Wildman–Crippen LogP) is 0.704. The van der Waals surface area contributed by atoms with Gasteiger partial charge in [0, 0.05) is 24.8 Å². The van der Waals surface area contributed by atoms with E-state index in [1.807, 2.05) is 6.92 Å². The van der Waals surface area contributed by atoms with Crippen LogP contribution in [0.3, 0.4) is 0 Å². The normalized spacial score (nSPS) is 30.7. The van der Waals surface area contributed by atoms with E-state index in [9.17, 15) is 22.8 Å². The van der Waals surface area contributed by atoms with Crippen LogP contribution >= 0.6 is 0 Å². The van der Waals surface area contributed by atoms with Gasteiger partial charge in [-0.3, -0.25) is 13.8 Å². The molecule has 3 aliphatic rings. The van der Waals surface area contributed by atoms with E-state index in [1.165, 1.54) is 0 Å². The molecule has 2 N–H and O–H groups in total. The highest BCUT2D eigenvalue weighted by Crippen LogP contribution is 2.55. The molecule has 3 rings (SSSR count). The number of fused-ring (bicyclic) bond motifs is 1. The third-order valence-electron chi connectivity index (χ3n) is 6.37. The van der Waals surface area contributed by atoms with Crippen LogP contribution in [0.5, 0.6) is 0 Å². The van der Waals surface area contributed by atoms with Crippen LogP contribution in [0.15, 0.2) is 0 Å². The number of rotatable bonds is 9. The molecule has 1 heterocycles. The second kappa shape index (κ2) is 8.70. The van der Waals surface area contributed by atoms with Crippen LogP contribution in [0, 0.1) is 17.3 Å². The van der Waals surface area contributed by atoms with Crippen molar-refractivity contribution in [3.05, 3.63) is 0 Å². The van der Waals surface area contributed by atoms with Crippen LogP contribution in [0.2, 0.25) is 0 Å². The van der Waals surface area contributed by atoms with E-state index >= 15 is 0 Å². The first-order valence-electron chi connectivity index (χ1n) is 10.4. The number of nitrogens with one attached hydrogen (secondary N) is 2. The summed E-state index contributed by atoms with van der Waals surface area (Å²) < 4.78 is 39.5. The van der Waals surface area contributed by atoms with E-state index in [4.69, 9.17) is 13.7 Å². The standard InChI is InChI=1S/C19H30N2O8S/c1-4-19(2,3)17(23)27-8-7-20-14(22)5-6-21-18(24)28-15-11-9-12-13(10-11)30(25,26)29-16(12)15/h11-13,15-16H,4-10H2,1-3H3,(H,20,22)(H,21,24). The lowest BCUT2D eigenvalue weighted by molar-refractivity contribution is -0.154. The second-order valence-corrected chi connectivity index (χ2v) is 10.5. The Morgan fingerprint density at radius 2 is 1.87 bits per heavy atom. The van der Waals surface area contributed by atoms with Crippen molar-refractivity contribution in [2.24, 2.45) is 17.3 Å². The Hall–Kier alpha value is -1.88. The molecule has 5 atom stereocenters. The molecule has 2 bridgehead atoms. The van der Waals surface area contributed by atoms with Crippen molar-refractivity contribution in [2.45, 2.75) is 63.9 Å². The minimum absolute atomic E-state index is 0.00304. The highest BCUT2D eigenvalue weighted by atomic mass is 32.2. The number of esters is 1. The molecule has 1 saturated heterocycles. The summed E-state index contributed by atoms with van der Waals surface area (Å²) in [5.74, 6) is -0.707. The van der Waals surface area contributed by atoms with E-state index < -0.39 is 39.1 Å². The smallest absolute Gasteiger partial charge is 0.407 e. The highest BCUT2D eigenvalue weighted by Gasteiger charge is 2.65. The molecule has 0 aromatic rings. The van der Waals surface area contributed by atoms with E-state index in [2.05, 4.69) is 10.6 Å². The summed E-state index contributed by atoms with van der Waals surface area (Å²) in [6.45, 7) is 5.84. The average Bonchev–Trinajstić information content (AvgIpc) is 3.29. The van der Waals surface area contributed by atoms with Crippen molar-refractivity contribution in [3.8, 4) is 0 Å². The van der Waals surface area contributed by atoms with Crippen LogP contribution in [0.4, 0.5) is 4.79 Å². The van der Waals surface area contributed by atoms with Gasteiger partial charge in [0.2, 0.25) is 5.91 Å². The quantitative estimate of drug-likeness (QED) is 0.300. The van der Waals surface area contributed by atoms with Gasteiger partial charge in [0.05, 0.1) is 17.2 Å². The first-order valence-corrected chi connectivity index (χ1v) is 11.8. The molecular weight excluding hydrogens is 416 g/mol. The third kappa shape index (κ3) is 4.72. The van der Waals surface area contributed by atoms with Gasteiger partial charge in [-0.05, 0) is 33.1 Å².